The average Bonchev–Trinajstić information content (AvgIpc) is 3.03. The number of carbonyl (C=O) groups excluding carboxylic acids is 2. The van der Waals surface area contributed by atoms with Crippen LogP contribution in [0.2, 0.25) is 0 Å². The summed E-state index contributed by atoms with van der Waals surface area (Å²) in [4.78, 5) is 33.0. The van der Waals surface area contributed by atoms with E-state index in [1.807, 2.05) is 30.3 Å². The predicted molar refractivity (Wildman–Crippen MR) is 118 cm³/mol. The van der Waals surface area contributed by atoms with E-state index in [1.54, 1.807) is 26.3 Å². The molecule has 0 atom stereocenters. The van der Waals surface area contributed by atoms with Gasteiger partial charge in [-0.1, -0.05) is 18.2 Å². The van der Waals surface area contributed by atoms with Crippen LogP contribution in [-0.4, -0.2) is 68.2 Å². The third kappa shape index (κ3) is 6.42. The molecular formula is C23H30N4O4. The van der Waals surface area contributed by atoms with Crippen LogP contribution in [0, 0.1) is 0 Å². The lowest BCUT2D eigenvalue weighted by Crippen LogP contribution is -2.39. The summed E-state index contributed by atoms with van der Waals surface area (Å²) in [7, 11) is 1.63. The lowest BCUT2D eigenvalue weighted by molar-refractivity contribution is -0.122. The fourth-order valence-electron chi connectivity index (χ4n) is 3.57. The first kappa shape index (κ1) is 22.6. The quantitative estimate of drug-likeness (QED) is 0.647. The molecular weight excluding hydrogens is 396 g/mol. The minimum atomic E-state index is -0.359. The first-order valence-corrected chi connectivity index (χ1v) is 10.6. The zero-order valence-corrected chi connectivity index (χ0v) is 18.2. The van der Waals surface area contributed by atoms with Crippen LogP contribution in [0.3, 0.4) is 0 Å². The maximum atomic E-state index is 12.4. The monoisotopic (exact) mass is 426 g/mol. The third-order valence-corrected chi connectivity index (χ3v) is 5.21. The van der Waals surface area contributed by atoms with Crippen LogP contribution in [0.4, 0.5) is 5.82 Å². The molecule has 31 heavy (non-hydrogen) atoms. The molecule has 1 aliphatic heterocycles. The summed E-state index contributed by atoms with van der Waals surface area (Å²) in [6.45, 7) is 6.16. The van der Waals surface area contributed by atoms with Crippen molar-refractivity contribution in [3.63, 3.8) is 0 Å². The Morgan fingerprint density at radius 1 is 1.10 bits per heavy atom. The van der Waals surface area contributed by atoms with E-state index in [4.69, 9.17) is 9.47 Å². The molecule has 0 radical (unpaired) electrons. The molecule has 1 aromatic carbocycles. The molecule has 1 fully saturated rings. The van der Waals surface area contributed by atoms with Crippen molar-refractivity contribution in [2.75, 3.05) is 51.3 Å². The summed E-state index contributed by atoms with van der Waals surface area (Å²) in [6.07, 6.45) is 2.49. The maximum absolute atomic E-state index is 12.4. The van der Waals surface area contributed by atoms with E-state index in [2.05, 4.69) is 20.1 Å². The fraction of sp³-hybridized carbons (Fsp3) is 0.435. The number of aromatic nitrogens is 1. The molecule has 0 unspecified atom stereocenters. The second-order valence-corrected chi connectivity index (χ2v) is 7.33. The summed E-state index contributed by atoms with van der Waals surface area (Å²) in [5, 5.41) is 2.98. The van der Waals surface area contributed by atoms with Crippen molar-refractivity contribution in [1.29, 1.82) is 0 Å². The zero-order chi connectivity index (χ0) is 22.1. The number of ether oxygens (including phenoxy) is 2. The summed E-state index contributed by atoms with van der Waals surface area (Å²) in [5.74, 6) is 1.24. The van der Waals surface area contributed by atoms with Crippen LogP contribution in [-0.2, 0) is 16.1 Å². The van der Waals surface area contributed by atoms with Gasteiger partial charge in [0.25, 0.3) is 0 Å². The normalized spacial score (nSPS) is 14.6. The van der Waals surface area contributed by atoms with Crippen molar-refractivity contribution in [1.82, 2.24) is 15.2 Å². The number of amides is 1. The van der Waals surface area contributed by atoms with Crippen molar-refractivity contribution < 1.29 is 19.1 Å². The van der Waals surface area contributed by atoms with Gasteiger partial charge in [-0.05, 0) is 31.5 Å². The number of nitrogens with zero attached hydrogens (tertiary/aromatic N) is 3. The Labute approximate surface area is 183 Å². The van der Waals surface area contributed by atoms with Crippen molar-refractivity contribution in [3.05, 3.63) is 53.7 Å². The largest absolute Gasteiger partial charge is 0.496 e. The standard InChI is InChI=1S/C23H30N4O4/c1-3-31-23(29)19-9-10-21(24-16-19)27-12-6-11-26(13-14-27)17-22(28)25-15-18-7-4-5-8-20(18)30-2/h4-5,7-10,16H,3,6,11-15,17H2,1-2H3,(H,25,28). The van der Waals surface area contributed by atoms with Crippen molar-refractivity contribution >= 4 is 17.7 Å². The van der Waals surface area contributed by atoms with E-state index in [9.17, 15) is 9.59 Å². The second-order valence-electron chi connectivity index (χ2n) is 7.33. The van der Waals surface area contributed by atoms with Crippen LogP contribution in [0.25, 0.3) is 0 Å². The summed E-state index contributed by atoms with van der Waals surface area (Å²) in [6, 6.07) is 11.3. The number of pyridine rings is 1. The van der Waals surface area contributed by atoms with Gasteiger partial charge in [0.1, 0.15) is 11.6 Å². The van der Waals surface area contributed by atoms with Crippen molar-refractivity contribution in [2.24, 2.45) is 0 Å². The van der Waals surface area contributed by atoms with Crippen molar-refractivity contribution in [3.8, 4) is 5.75 Å². The van der Waals surface area contributed by atoms with E-state index >= 15 is 0 Å². The number of esters is 1. The lowest BCUT2D eigenvalue weighted by Gasteiger charge is -2.22. The molecule has 1 N–H and O–H groups in total. The molecule has 1 aromatic heterocycles. The number of para-hydroxylation sites is 1. The Balaban J connectivity index is 1.48. The minimum absolute atomic E-state index is 0.00345. The SMILES string of the molecule is CCOC(=O)c1ccc(N2CCCN(CC(=O)NCc3ccccc3OC)CC2)nc1. The van der Waals surface area contributed by atoms with Crippen LogP contribution < -0.4 is 15.0 Å². The van der Waals surface area contributed by atoms with Crippen molar-refractivity contribution in [2.45, 2.75) is 19.9 Å². The van der Waals surface area contributed by atoms with Gasteiger partial charge in [0.05, 0.1) is 25.8 Å². The molecule has 3 rings (SSSR count). The highest BCUT2D eigenvalue weighted by Crippen LogP contribution is 2.17. The molecule has 0 spiro atoms. The van der Waals surface area contributed by atoms with Gasteiger partial charge in [-0.25, -0.2) is 9.78 Å². The summed E-state index contributed by atoms with van der Waals surface area (Å²) < 4.78 is 10.3. The van der Waals surface area contributed by atoms with Crippen LogP contribution in [0.5, 0.6) is 5.75 Å². The number of nitrogens with one attached hydrogen (secondary N) is 1. The van der Waals surface area contributed by atoms with E-state index in [0.29, 0.717) is 25.3 Å². The third-order valence-electron chi connectivity index (χ3n) is 5.21. The molecule has 8 nitrogen and oxygen atoms in total. The molecule has 0 bridgehead atoms. The Morgan fingerprint density at radius 3 is 2.68 bits per heavy atom. The Morgan fingerprint density at radius 2 is 1.94 bits per heavy atom. The van der Waals surface area contributed by atoms with Gasteiger partial charge in [0.2, 0.25) is 5.91 Å². The highest BCUT2D eigenvalue weighted by molar-refractivity contribution is 5.89. The molecule has 0 saturated carbocycles. The van der Waals surface area contributed by atoms with Gasteiger partial charge >= 0.3 is 5.97 Å². The number of rotatable bonds is 8. The smallest absolute Gasteiger partial charge is 0.339 e. The molecule has 1 saturated heterocycles. The van der Waals surface area contributed by atoms with E-state index in [1.165, 1.54) is 0 Å². The van der Waals surface area contributed by atoms with Crippen LogP contribution >= 0.6 is 0 Å². The number of hydrogen-bond donors (Lipinski definition) is 1. The molecule has 2 aromatic rings. The zero-order valence-electron chi connectivity index (χ0n) is 18.2. The van der Waals surface area contributed by atoms with E-state index in [0.717, 1.165) is 49.7 Å². The Hall–Kier alpha value is -3.13. The van der Waals surface area contributed by atoms with Crippen LogP contribution in [0.15, 0.2) is 42.6 Å². The van der Waals surface area contributed by atoms with Gasteiger partial charge < -0.3 is 19.7 Å². The number of methoxy groups -OCH3 is 1. The highest BCUT2D eigenvalue weighted by atomic mass is 16.5. The Kier molecular flexibility index (Phi) is 8.23. The fourth-order valence-corrected chi connectivity index (χ4v) is 3.57. The average molecular weight is 427 g/mol. The number of carbonyl (C=O) groups is 2. The number of anilines is 1. The lowest BCUT2D eigenvalue weighted by atomic mass is 10.2. The van der Waals surface area contributed by atoms with Crippen LogP contribution in [0.1, 0.15) is 29.3 Å². The summed E-state index contributed by atoms with van der Waals surface area (Å²) >= 11 is 0. The first-order chi connectivity index (χ1) is 15.1. The highest BCUT2D eigenvalue weighted by Gasteiger charge is 2.18. The number of benzene rings is 1. The number of hydrogen-bond acceptors (Lipinski definition) is 7. The molecule has 0 aliphatic carbocycles. The second kappa shape index (κ2) is 11.3. The molecule has 8 heteroatoms. The van der Waals surface area contributed by atoms with Gasteiger partial charge in [0, 0.05) is 44.5 Å². The van der Waals surface area contributed by atoms with Gasteiger partial charge in [-0.2, -0.15) is 0 Å². The maximum Gasteiger partial charge on any atom is 0.339 e. The predicted octanol–water partition coefficient (Wildman–Crippen LogP) is 2.10. The first-order valence-electron chi connectivity index (χ1n) is 10.6. The topological polar surface area (TPSA) is 84.0 Å². The van der Waals surface area contributed by atoms with E-state index < -0.39 is 0 Å². The molecule has 1 aliphatic rings. The molecule has 2 heterocycles. The van der Waals surface area contributed by atoms with Gasteiger partial charge in [0.15, 0.2) is 0 Å². The minimum Gasteiger partial charge on any atom is -0.496 e. The molecule has 1 amide bonds. The van der Waals surface area contributed by atoms with Gasteiger partial charge in [-0.15, -0.1) is 0 Å². The molecule has 166 valence electrons. The van der Waals surface area contributed by atoms with E-state index in [-0.39, 0.29) is 11.9 Å². The van der Waals surface area contributed by atoms with Gasteiger partial charge in [-0.3, -0.25) is 9.69 Å². The summed E-state index contributed by atoms with van der Waals surface area (Å²) in [5.41, 5.74) is 1.41. The Bertz CT molecular complexity index is 872.